The van der Waals surface area contributed by atoms with Crippen LogP contribution in [0.3, 0.4) is 0 Å². The van der Waals surface area contributed by atoms with Crippen molar-refractivity contribution in [1.82, 2.24) is 9.21 Å². The molecule has 1 heterocycles. The van der Waals surface area contributed by atoms with Gasteiger partial charge in [0.2, 0.25) is 10.0 Å². The third-order valence-corrected chi connectivity index (χ3v) is 6.95. The summed E-state index contributed by atoms with van der Waals surface area (Å²) in [5, 5.41) is 0. The average Bonchev–Trinajstić information content (AvgIpc) is 2.68. The zero-order chi connectivity index (χ0) is 18.2. The van der Waals surface area contributed by atoms with Gasteiger partial charge in [0, 0.05) is 32.7 Å². The molecule has 0 N–H and O–H groups in total. The Morgan fingerprint density at radius 3 is 1.85 bits per heavy atom. The molecule has 5 heteroatoms. The molecule has 1 saturated heterocycles. The Bertz CT molecular complexity index is 755. The lowest BCUT2D eigenvalue weighted by molar-refractivity contribution is 0.190. The van der Waals surface area contributed by atoms with Crippen LogP contribution in [0.4, 0.5) is 0 Å². The fourth-order valence-corrected chi connectivity index (χ4v) is 4.88. The molecule has 0 aromatic heterocycles. The first-order chi connectivity index (χ1) is 12.6. The van der Waals surface area contributed by atoms with Crippen LogP contribution in [0.25, 0.3) is 0 Å². The molecule has 1 aliphatic heterocycles. The summed E-state index contributed by atoms with van der Waals surface area (Å²) in [7, 11) is -3.14. The van der Waals surface area contributed by atoms with Gasteiger partial charge in [-0.3, -0.25) is 0 Å². The number of nitrogens with zero attached hydrogens (tertiary/aromatic N) is 2. The van der Waals surface area contributed by atoms with Crippen molar-refractivity contribution in [2.75, 3.05) is 38.5 Å². The minimum Gasteiger partial charge on any atom is -0.300 e. The highest BCUT2D eigenvalue weighted by molar-refractivity contribution is 7.89. The van der Waals surface area contributed by atoms with Gasteiger partial charge >= 0.3 is 0 Å². The number of rotatable bonds is 8. The summed E-state index contributed by atoms with van der Waals surface area (Å²) < 4.78 is 26.8. The normalized spacial score (nSPS) is 16.6. The molecule has 2 aromatic rings. The van der Waals surface area contributed by atoms with E-state index in [1.807, 2.05) is 24.3 Å². The number of benzene rings is 2. The van der Waals surface area contributed by atoms with Crippen LogP contribution < -0.4 is 0 Å². The van der Waals surface area contributed by atoms with E-state index >= 15 is 0 Å². The van der Waals surface area contributed by atoms with E-state index in [0.717, 1.165) is 32.5 Å². The zero-order valence-corrected chi connectivity index (χ0v) is 16.1. The van der Waals surface area contributed by atoms with E-state index in [2.05, 4.69) is 41.3 Å². The molecule has 2 aromatic carbocycles. The van der Waals surface area contributed by atoms with Crippen LogP contribution in [-0.4, -0.2) is 56.1 Å². The summed E-state index contributed by atoms with van der Waals surface area (Å²) >= 11 is 0. The van der Waals surface area contributed by atoms with Crippen LogP contribution in [-0.2, 0) is 22.9 Å². The number of aryl methyl sites for hydroxylation is 1. The molecule has 140 valence electrons. The van der Waals surface area contributed by atoms with E-state index in [-0.39, 0.29) is 5.75 Å². The van der Waals surface area contributed by atoms with Crippen molar-refractivity contribution in [2.24, 2.45) is 0 Å². The number of sulfonamides is 1. The standard InChI is InChI=1S/C21H28N2O2S/c24-26(25,19-7-12-20-8-3-1-4-9-20)23-17-15-22(16-18-23)14-13-21-10-5-2-6-11-21/h1-6,8-11H,7,12-19H2. The quantitative estimate of drug-likeness (QED) is 0.715. The second-order valence-corrected chi connectivity index (χ2v) is 8.97. The van der Waals surface area contributed by atoms with Gasteiger partial charge < -0.3 is 4.90 Å². The molecular formula is C21H28N2O2S. The van der Waals surface area contributed by atoms with Crippen LogP contribution in [0.1, 0.15) is 17.5 Å². The molecule has 0 saturated carbocycles. The first-order valence-corrected chi connectivity index (χ1v) is 11.0. The topological polar surface area (TPSA) is 40.6 Å². The van der Waals surface area contributed by atoms with Gasteiger partial charge in [-0.2, -0.15) is 4.31 Å². The van der Waals surface area contributed by atoms with Gasteiger partial charge in [0.25, 0.3) is 0 Å². The monoisotopic (exact) mass is 372 g/mol. The SMILES string of the molecule is O=S(=O)(CCCc1ccccc1)N1CCN(CCc2ccccc2)CC1. The van der Waals surface area contributed by atoms with Gasteiger partial charge in [0.05, 0.1) is 5.75 Å². The van der Waals surface area contributed by atoms with Crippen LogP contribution in [0.2, 0.25) is 0 Å². The largest absolute Gasteiger partial charge is 0.300 e. The Balaban J connectivity index is 1.40. The van der Waals surface area contributed by atoms with Crippen LogP contribution in [0, 0.1) is 0 Å². The molecule has 0 radical (unpaired) electrons. The molecule has 0 atom stereocenters. The average molecular weight is 373 g/mol. The highest BCUT2D eigenvalue weighted by atomic mass is 32.2. The maximum atomic E-state index is 12.6. The predicted octanol–water partition coefficient (Wildman–Crippen LogP) is 2.81. The van der Waals surface area contributed by atoms with Gasteiger partial charge in [-0.15, -0.1) is 0 Å². The minimum atomic E-state index is -3.14. The molecular weight excluding hydrogens is 344 g/mol. The molecule has 1 aliphatic rings. The van der Waals surface area contributed by atoms with E-state index in [9.17, 15) is 8.42 Å². The fraction of sp³-hybridized carbons (Fsp3) is 0.429. The van der Waals surface area contributed by atoms with Gasteiger partial charge in [-0.05, 0) is 30.4 Å². The Hall–Kier alpha value is -1.69. The lowest BCUT2D eigenvalue weighted by atomic mass is 10.1. The summed E-state index contributed by atoms with van der Waals surface area (Å²) in [6, 6.07) is 20.5. The van der Waals surface area contributed by atoms with Crippen molar-refractivity contribution in [3.05, 3.63) is 71.8 Å². The summed E-state index contributed by atoms with van der Waals surface area (Å²) in [5.74, 6) is 0.242. The Labute approximate surface area is 157 Å². The third-order valence-electron chi connectivity index (χ3n) is 4.99. The van der Waals surface area contributed by atoms with Crippen molar-refractivity contribution >= 4 is 10.0 Å². The van der Waals surface area contributed by atoms with Crippen LogP contribution in [0.5, 0.6) is 0 Å². The van der Waals surface area contributed by atoms with Crippen molar-refractivity contribution in [1.29, 1.82) is 0 Å². The van der Waals surface area contributed by atoms with Gasteiger partial charge in [0.1, 0.15) is 0 Å². The smallest absolute Gasteiger partial charge is 0.214 e. The van der Waals surface area contributed by atoms with Crippen molar-refractivity contribution in [3.63, 3.8) is 0 Å². The van der Waals surface area contributed by atoms with E-state index in [1.54, 1.807) is 4.31 Å². The Morgan fingerprint density at radius 2 is 1.27 bits per heavy atom. The predicted molar refractivity (Wildman–Crippen MR) is 107 cm³/mol. The minimum absolute atomic E-state index is 0.242. The highest BCUT2D eigenvalue weighted by Gasteiger charge is 2.26. The molecule has 3 rings (SSSR count). The number of hydrogen-bond acceptors (Lipinski definition) is 3. The zero-order valence-electron chi connectivity index (χ0n) is 15.3. The summed E-state index contributed by atoms with van der Waals surface area (Å²) in [6.07, 6.45) is 2.52. The fourth-order valence-electron chi connectivity index (χ4n) is 3.40. The second-order valence-electron chi connectivity index (χ2n) is 6.88. The molecule has 0 bridgehead atoms. The van der Waals surface area contributed by atoms with E-state index in [0.29, 0.717) is 19.5 Å². The summed E-state index contributed by atoms with van der Waals surface area (Å²) in [6.45, 7) is 3.87. The van der Waals surface area contributed by atoms with E-state index in [4.69, 9.17) is 0 Å². The highest BCUT2D eigenvalue weighted by Crippen LogP contribution is 2.12. The molecule has 1 fully saturated rings. The maximum Gasteiger partial charge on any atom is 0.214 e. The molecule has 26 heavy (non-hydrogen) atoms. The van der Waals surface area contributed by atoms with Gasteiger partial charge in [-0.25, -0.2) is 8.42 Å². The Kier molecular flexibility index (Phi) is 6.83. The molecule has 0 aliphatic carbocycles. The van der Waals surface area contributed by atoms with E-state index < -0.39 is 10.0 Å². The summed E-state index contributed by atoms with van der Waals surface area (Å²) in [4.78, 5) is 2.36. The molecule has 0 unspecified atom stereocenters. The molecule has 0 spiro atoms. The second kappa shape index (κ2) is 9.31. The van der Waals surface area contributed by atoms with E-state index in [1.165, 1.54) is 11.1 Å². The van der Waals surface area contributed by atoms with Crippen LogP contribution >= 0.6 is 0 Å². The summed E-state index contributed by atoms with van der Waals surface area (Å²) in [5.41, 5.74) is 2.54. The lowest BCUT2D eigenvalue weighted by Gasteiger charge is -2.34. The molecule has 0 amide bonds. The maximum absolute atomic E-state index is 12.6. The number of hydrogen-bond donors (Lipinski definition) is 0. The number of piperazine rings is 1. The van der Waals surface area contributed by atoms with Gasteiger partial charge in [0.15, 0.2) is 0 Å². The van der Waals surface area contributed by atoms with Crippen molar-refractivity contribution in [2.45, 2.75) is 19.3 Å². The Morgan fingerprint density at radius 1 is 0.731 bits per heavy atom. The third kappa shape index (κ3) is 5.66. The van der Waals surface area contributed by atoms with Crippen molar-refractivity contribution < 1.29 is 8.42 Å². The van der Waals surface area contributed by atoms with Gasteiger partial charge in [-0.1, -0.05) is 60.7 Å². The first-order valence-electron chi connectivity index (χ1n) is 9.41. The van der Waals surface area contributed by atoms with Crippen LogP contribution in [0.15, 0.2) is 60.7 Å². The molecule has 4 nitrogen and oxygen atoms in total. The first kappa shape index (κ1) is 19.1. The lowest BCUT2D eigenvalue weighted by Crippen LogP contribution is -2.49. The van der Waals surface area contributed by atoms with Crippen molar-refractivity contribution in [3.8, 4) is 0 Å².